The predicted molar refractivity (Wildman–Crippen MR) is 88.1 cm³/mol. The van der Waals surface area contributed by atoms with Crippen molar-refractivity contribution in [3.05, 3.63) is 57.7 Å². The Morgan fingerprint density at radius 1 is 1.32 bits per heavy atom. The summed E-state index contributed by atoms with van der Waals surface area (Å²) in [6, 6.07) is 4.89. The summed E-state index contributed by atoms with van der Waals surface area (Å²) in [5, 5.41) is 13.2. The molecule has 0 atom stereocenters. The highest BCUT2D eigenvalue weighted by Crippen LogP contribution is 2.28. The Morgan fingerprint density at radius 3 is 2.92 bits per heavy atom. The number of carbonyl (C=O) groups is 1. The van der Waals surface area contributed by atoms with Gasteiger partial charge < -0.3 is 10.1 Å². The molecule has 1 aliphatic carbocycles. The van der Waals surface area contributed by atoms with Crippen LogP contribution in [-0.4, -0.2) is 22.4 Å². The van der Waals surface area contributed by atoms with Crippen LogP contribution in [0.4, 0.5) is 15.8 Å². The third-order valence-corrected chi connectivity index (χ3v) is 3.98. The van der Waals surface area contributed by atoms with Crippen LogP contribution in [0.1, 0.15) is 24.1 Å². The number of aryl methyl sites for hydroxylation is 1. The van der Waals surface area contributed by atoms with E-state index in [0.29, 0.717) is 5.75 Å². The number of amides is 1. The Hall–Kier alpha value is -3.03. The molecule has 7 nitrogen and oxygen atoms in total. The fourth-order valence-electron chi connectivity index (χ4n) is 2.80. The van der Waals surface area contributed by atoms with Crippen LogP contribution in [-0.2, 0) is 17.6 Å². The maximum Gasteiger partial charge on any atom is 0.306 e. The minimum Gasteiger partial charge on any atom is -0.483 e. The summed E-state index contributed by atoms with van der Waals surface area (Å²) in [6.45, 7) is -0.248. The molecule has 1 aromatic heterocycles. The molecule has 0 fully saturated rings. The van der Waals surface area contributed by atoms with E-state index in [1.807, 2.05) is 0 Å². The number of ether oxygens (including phenoxy) is 1. The smallest absolute Gasteiger partial charge is 0.306 e. The fraction of sp³-hybridized carbons (Fsp3) is 0.294. The number of hydrogen-bond acceptors (Lipinski definition) is 5. The normalized spacial score (nSPS) is 13.0. The van der Waals surface area contributed by atoms with Crippen molar-refractivity contribution in [1.29, 1.82) is 0 Å². The van der Waals surface area contributed by atoms with E-state index in [4.69, 9.17) is 4.74 Å². The van der Waals surface area contributed by atoms with E-state index in [2.05, 4.69) is 10.3 Å². The molecule has 2 aromatic rings. The second kappa shape index (κ2) is 7.25. The number of nitrogens with one attached hydrogen (secondary N) is 1. The van der Waals surface area contributed by atoms with Crippen molar-refractivity contribution in [3.63, 3.8) is 0 Å². The number of halogens is 1. The number of nitrogens with zero attached hydrogens (tertiary/aromatic N) is 2. The van der Waals surface area contributed by atoms with Crippen LogP contribution in [0.3, 0.4) is 0 Å². The molecule has 1 amide bonds. The number of nitro groups is 1. The highest BCUT2D eigenvalue weighted by Gasteiger charge is 2.17. The van der Waals surface area contributed by atoms with Crippen molar-refractivity contribution in [1.82, 2.24) is 4.98 Å². The molecule has 0 saturated heterocycles. The maximum absolute atomic E-state index is 13.3. The SMILES string of the molecule is O=C(COc1ccnc2c1CCCC2)Nc1ccc(F)c([N+](=O)[O-])c1. The highest BCUT2D eigenvalue weighted by molar-refractivity contribution is 5.92. The molecular formula is C17H16FN3O4. The molecule has 8 heteroatoms. The van der Waals surface area contributed by atoms with Crippen molar-refractivity contribution in [3.8, 4) is 5.75 Å². The van der Waals surface area contributed by atoms with E-state index in [-0.39, 0.29) is 12.3 Å². The minimum atomic E-state index is -0.956. The number of hydrogen-bond donors (Lipinski definition) is 1. The lowest BCUT2D eigenvalue weighted by molar-refractivity contribution is -0.387. The van der Waals surface area contributed by atoms with Gasteiger partial charge in [0.1, 0.15) is 5.75 Å². The van der Waals surface area contributed by atoms with Gasteiger partial charge in [0.15, 0.2) is 6.61 Å². The lowest BCUT2D eigenvalue weighted by Crippen LogP contribution is -2.21. The average molecular weight is 345 g/mol. The predicted octanol–water partition coefficient (Wildman–Crippen LogP) is 3.03. The number of carbonyl (C=O) groups excluding carboxylic acids is 1. The Morgan fingerprint density at radius 2 is 2.12 bits per heavy atom. The molecule has 0 bridgehead atoms. The van der Waals surface area contributed by atoms with E-state index >= 15 is 0 Å². The van der Waals surface area contributed by atoms with Gasteiger partial charge in [0, 0.05) is 29.2 Å². The first-order valence-electron chi connectivity index (χ1n) is 7.88. The number of nitro benzene ring substituents is 1. The zero-order valence-corrected chi connectivity index (χ0v) is 13.3. The first-order valence-corrected chi connectivity index (χ1v) is 7.88. The van der Waals surface area contributed by atoms with Gasteiger partial charge in [0.25, 0.3) is 5.91 Å². The molecule has 0 aliphatic heterocycles. The maximum atomic E-state index is 13.3. The molecule has 1 N–H and O–H groups in total. The monoisotopic (exact) mass is 345 g/mol. The minimum absolute atomic E-state index is 0.137. The zero-order chi connectivity index (χ0) is 17.8. The van der Waals surface area contributed by atoms with Gasteiger partial charge in [-0.1, -0.05) is 0 Å². The number of fused-ring (bicyclic) bond motifs is 1. The Kier molecular flexibility index (Phi) is 4.87. The number of rotatable bonds is 5. The second-order valence-corrected chi connectivity index (χ2v) is 5.70. The molecule has 0 unspecified atom stereocenters. The molecule has 0 saturated carbocycles. The third-order valence-electron chi connectivity index (χ3n) is 3.98. The van der Waals surface area contributed by atoms with Gasteiger partial charge in [0.05, 0.1) is 4.92 Å². The number of benzene rings is 1. The summed E-state index contributed by atoms with van der Waals surface area (Å²) in [5.74, 6) is -0.810. The van der Waals surface area contributed by atoms with Crippen molar-refractivity contribution in [2.45, 2.75) is 25.7 Å². The number of pyridine rings is 1. The summed E-state index contributed by atoms with van der Waals surface area (Å²) in [6.07, 6.45) is 5.57. The van der Waals surface area contributed by atoms with Crippen LogP contribution >= 0.6 is 0 Å². The van der Waals surface area contributed by atoms with Crippen molar-refractivity contribution < 1.29 is 18.8 Å². The van der Waals surface area contributed by atoms with Crippen molar-refractivity contribution >= 4 is 17.3 Å². The van der Waals surface area contributed by atoms with Crippen LogP contribution in [0.25, 0.3) is 0 Å². The van der Waals surface area contributed by atoms with Gasteiger partial charge in [0.2, 0.25) is 5.82 Å². The first kappa shape index (κ1) is 16.8. The molecule has 1 aromatic carbocycles. The van der Waals surface area contributed by atoms with Crippen LogP contribution in [0.15, 0.2) is 30.5 Å². The zero-order valence-electron chi connectivity index (χ0n) is 13.3. The molecule has 0 spiro atoms. The number of aromatic nitrogens is 1. The quantitative estimate of drug-likeness (QED) is 0.664. The summed E-state index contributed by atoms with van der Waals surface area (Å²) < 4.78 is 18.9. The van der Waals surface area contributed by atoms with Crippen molar-refractivity contribution in [2.75, 3.05) is 11.9 Å². The van der Waals surface area contributed by atoms with E-state index in [9.17, 15) is 19.3 Å². The standard InChI is InChI=1S/C17H16FN3O4/c18-13-6-5-11(9-15(13)21(23)24)20-17(22)10-25-16-7-8-19-14-4-2-1-3-12(14)16/h5-9H,1-4,10H2,(H,20,22). The Bertz CT molecular complexity index is 826. The topological polar surface area (TPSA) is 94.4 Å². The van der Waals surface area contributed by atoms with Crippen LogP contribution < -0.4 is 10.1 Å². The summed E-state index contributed by atoms with van der Waals surface area (Å²) in [4.78, 5) is 26.2. The van der Waals surface area contributed by atoms with Gasteiger partial charge in [-0.15, -0.1) is 0 Å². The largest absolute Gasteiger partial charge is 0.483 e. The molecule has 130 valence electrons. The van der Waals surface area contributed by atoms with E-state index < -0.39 is 22.3 Å². The summed E-state index contributed by atoms with van der Waals surface area (Å²) in [5.41, 5.74) is 1.47. The van der Waals surface area contributed by atoms with Crippen LogP contribution in [0.2, 0.25) is 0 Å². The highest BCUT2D eigenvalue weighted by atomic mass is 19.1. The van der Waals surface area contributed by atoms with E-state index in [1.54, 1.807) is 12.3 Å². The fourth-order valence-corrected chi connectivity index (χ4v) is 2.80. The van der Waals surface area contributed by atoms with Gasteiger partial charge >= 0.3 is 5.69 Å². The lowest BCUT2D eigenvalue weighted by atomic mass is 9.95. The molecule has 25 heavy (non-hydrogen) atoms. The van der Waals surface area contributed by atoms with Crippen molar-refractivity contribution in [2.24, 2.45) is 0 Å². The molecule has 0 radical (unpaired) electrons. The van der Waals surface area contributed by atoms with Gasteiger partial charge in [-0.3, -0.25) is 19.9 Å². The second-order valence-electron chi connectivity index (χ2n) is 5.70. The van der Waals surface area contributed by atoms with Crippen LogP contribution in [0, 0.1) is 15.9 Å². The molecule has 1 heterocycles. The Balaban J connectivity index is 1.64. The third kappa shape index (κ3) is 3.90. The summed E-state index contributed by atoms with van der Waals surface area (Å²) in [7, 11) is 0. The van der Waals surface area contributed by atoms with Gasteiger partial charge in [-0.2, -0.15) is 4.39 Å². The van der Waals surface area contributed by atoms with Gasteiger partial charge in [-0.05, 0) is 43.9 Å². The molecule has 3 rings (SSSR count). The van der Waals surface area contributed by atoms with Crippen LogP contribution in [0.5, 0.6) is 5.75 Å². The first-order chi connectivity index (χ1) is 12.0. The molecule has 1 aliphatic rings. The summed E-state index contributed by atoms with van der Waals surface area (Å²) >= 11 is 0. The van der Waals surface area contributed by atoms with Gasteiger partial charge in [-0.25, -0.2) is 0 Å². The number of anilines is 1. The Labute approximate surface area is 143 Å². The van der Waals surface area contributed by atoms with E-state index in [0.717, 1.165) is 49.1 Å². The lowest BCUT2D eigenvalue weighted by Gasteiger charge is -2.18. The van der Waals surface area contributed by atoms with E-state index in [1.165, 1.54) is 6.07 Å². The molecular weight excluding hydrogens is 329 g/mol. The average Bonchev–Trinajstić information content (AvgIpc) is 2.61.